The summed E-state index contributed by atoms with van der Waals surface area (Å²) in [5.74, 6) is 0.858. The summed E-state index contributed by atoms with van der Waals surface area (Å²) in [5, 5.41) is 8.72. The van der Waals surface area contributed by atoms with Gasteiger partial charge in [0.05, 0.1) is 17.1 Å². The molecular formula is C19H28N4. The third-order valence-corrected chi connectivity index (χ3v) is 5.13. The Hall–Kier alpha value is -1.68. The summed E-state index contributed by atoms with van der Waals surface area (Å²) in [6, 6.07) is 6.48. The van der Waals surface area contributed by atoms with Gasteiger partial charge in [-0.2, -0.15) is 0 Å². The smallest absolute Gasteiger partial charge is 0.0999 e. The molecule has 0 radical (unpaired) electrons. The first kappa shape index (κ1) is 16.2. The fourth-order valence-corrected chi connectivity index (χ4v) is 3.79. The third kappa shape index (κ3) is 3.63. The van der Waals surface area contributed by atoms with Gasteiger partial charge in [-0.15, -0.1) is 5.10 Å². The van der Waals surface area contributed by atoms with Crippen molar-refractivity contribution >= 4 is 0 Å². The molecule has 1 aromatic carbocycles. The van der Waals surface area contributed by atoms with E-state index in [-0.39, 0.29) is 0 Å². The molecule has 1 aromatic heterocycles. The van der Waals surface area contributed by atoms with Gasteiger partial charge in [-0.05, 0) is 44.2 Å². The van der Waals surface area contributed by atoms with E-state index in [2.05, 4.69) is 42.4 Å². The van der Waals surface area contributed by atoms with Crippen LogP contribution < -0.4 is 5.73 Å². The molecule has 3 rings (SSSR count). The van der Waals surface area contributed by atoms with E-state index in [4.69, 9.17) is 5.73 Å². The second-order valence-electron chi connectivity index (χ2n) is 6.93. The molecule has 0 spiro atoms. The number of nitrogens with zero attached hydrogens (tertiary/aromatic N) is 3. The molecule has 0 bridgehead atoms. The average molecular weight is 312 g/mol. The molecule has 1 aliphatic rings. The van der Waals surface area contributed by atoms with Crippen LogP contribution in [0.25, 0.3) is 5.69 Å². The van der Waals surface area contributed by atoms with E-state index >= 15 is 0 Å². The standard InChI is InChI=1S/C19H28N4/c1-14-8-10-18(15(2)12-14)23-19(17(13-20)21-22-23)11-9-16-6-4-3-5-7-16/h8,10,12,16H,3-7,9,11,13,20H2,1-2H3. The molecule has 0 unspecified atom stereocenters. The second-order valence-corrected chi connectivity index (χ2v) is 6.93. The van der Waals surface area contributed by atoms with Gasteiger partial charge in [0.25, 0.3) is 0 Å². The zero-order chi connectivity index (χ0) is 16.2. The molecule has 2 aromatic rings. The molecule has 0 aliphatic heterocycles. The predicted octanol–water partition coefficient (Wildman–Crippen LogP) is 3.86. The van der Waals surface area contributed by atoms with Crippen LogP contribution in [0.4, 0.5) is 0 Å². The van der Waals surface area contributed by atoms with E-state index in [1.807, 2.05) is 4.68 Å². The van der Waals surface area contributed by atoms with Crippen LogP contribution in [-0.4, -0.2) is 15.0 Å². The monoisotopic (exact) mass is 312 g/mol. The van der Waals surface area contributed by atoms with Crippen LogP contribution in [0.2, 0.25) is 0 Å². The Morgan fingerprint density at radius 1 is 1.17 bits per heavy atom. The van der Waals surface area contributed by atoms with Crippen LogP contribution in [0.5, 0.6) is 0 Å². The summed E-state index contributed by atoms with van der Waals surface area (Å²) in [6.45, 7) is 4.72. The fraction of sp³-hybridized carbons (Fsp3) is 0.579. The van der Waals surface area contributed by atoms with Crippen LogP contribution in [0, 0.1) is 19.8 Å². The largest absolute Gasteiger partial charge is 0.325 e. The van der Waals surface area contributed by atoms with Gasteiger partial charge < -0.3 is 5.73 Å². The van der Waals surface area contributed by atoms with Crippen LogP contribution in [0.3, 0.4) is 0 Å². The number of benzene rings is 1. The van der Waals surface area contributed by atoms with Gasteiger partial charge in [-0.25, -0.2) is 4.68 Å². The molecule has 0 amide bonds. The van der Waals surface area contributed by atoms with Gasteiger partial charge >= 0.3 is 0 Å². The van der Waals surface area contributed by atoms with Crippen LogP contribution in [0.1, 0.15) is 61.0 Å². The molecule has 4 nitrogen and oxygen atoms in total. The Morgan fingerprint density at radius 2 is 1.96 bits per heavy atom. The first-order chi connectivity index (χ1) is 11.2. The molecule has 1 aliphatic carbocycles. The molecule has 2 N–H and O–H groups in total. The molecule has 1 saturated carbocycles. The van der Waals surface area contributed by atoms with Crippen molar-refractivity contribution < 1.29 is 0 Å². The van der Waals surface area contributed by atoms with E-state index in [0.717, 1.165) is 23.7 Å². The van der Waals surface area contributed by atoms with Crippen molar-refractivity contribution in [3.8, 4) is 5.69 Å². The maximum absolute atomic E-state index is 5.90. The number of hydrogen-bond donors (Lipinski definition) is 1. The normalized spacial score (nSPS) is 16.0. The molecule has 1 heterocycles. The zero-order valence-corrected chi connectivity index (χ0v) is 14.4. The Labute approximate surface area is 139 Å². The first-order valence-corrected chi connectivity index (χ1v) is 8.90. The van der Waals surface area contributed by atoms with Gasteiger partial charge in [-0.1, -0.05) is 55.0 Å². The van der Waals surface area contributed by atoms with Crippen molar-refractivity contribution in [3.63, 3.8) is 0 Å². The summed E-state index contributed by atoms with van der Waals surface area (Å²) in [4.78, 5) is 0. The zero-order valence-electron chi connectivity index (χ0n) is 14.4. The summed E-state index contributed by atoms with van der Waals surface area (Å²) in [6.07, 6.45) is 9.20. The summed E-state index contributed by atoms with van der Waals surface area (Å²) < 4.78 is 2.01. The Bertz CT molecular complexity index is 653. The van der Waals surface area contributed by atoms with E-state index < -0.39 is 0 Å². The number of nitrogens with two attached hydrogens (primary N) is 1. The minimum Gasteiger partial charge on any atom is -0.325 e. The van der Waals surface area contributed by atoms with Crippen molar-refractivity contribution in [3.05, 3.63) is 40.7 Å². The van der Waals surface area contributed by atoms with E-state index in [0.29, 0.717) is 6.54 Å². The van der Waals surface area contributed by atoms with Crippen LogP contribution in [0.15, 0.2) is 18.2 Å². The minimum absolute atomic E-state index is 0.463. The quantitative estimate of drug-likeness (QED) is 0.912. The van der Waals surface area contributed by atoms with Crippen molar-refractivity contribution in [2.45, 2.75) is 65.3 Å². The molecule has 0 atom stereocenters. The van der Waals surface area contributed by atoms with Crippen LogP contribution in [-0.2, 0) is 13.0 Å². The summed E-state index contributed by atoms with van der Waals surface area (Å²) in [7, 11) is 0. The number of aryl methyl sites for hydroxylation is 2. The topological polar surface area (TPSA) is 56.7 Å². The highest BCUT2D eigenvalue weighted by atomic mass is 15.4. The highest BCUT2D eigenvalue weighted by molar-refractivity contribution is 5.43. The molecule has 124 valence electrons. The number of rotatable bonds is 5. The maximum Gasteiger partial charge on any atom is 0.0999 e. The van der Waals surface area contributed by atoms with Crippen molar-refractivity contribution in [2.24, 2.45) is 11.7 Å². The first-order valence-electron chi connectivity index (χ1n) is 8.90. The van der Waals surface area contributed by atoms with Gasteiger partial charge in [-0.3, -0.25) is 0 Å². The molecule has 0 saturated heterocycles. The van der Waals surface area contributed by atoms with Gasteiger partial charge in [0, 0.05) is 6.54 Å². The Kier molecular flexibility index (Phi) is 5.11. The minimum atomic E-state index is 0.463. The number of aromatic nitrogens is 3. The third-order valence-electron chi connectivity index (χ3n) is 5.13. The van der Waals surface area contributed by atoms with E-state index in [9.17, 15) is 0 Å². The highest BCUT2D eigenvalue weighted by Crippen LogP contribution is 2.28. The summed E-state index contributed by atoms with van der Waals surface area (Å²) in [5.41, 5.74) is 11.7. The molecule has 1 fully saturated rings. The SMILES string of the molecule is Cc1ccc(-n2nnc(CN)c2CCC2CCCCC2)c(C)c1. The molecule has 23 heavy (non-hydrogen) atoms. The lowest BCUT2D eigenvalue weighted by molar-refractivity contribution is 0.337. The van der Waals surface area contributed by atoms with E-state index in [1.54, 1.807) is 0 Å². The Morgan fingerprint density at radius 3 is 2.65 bits per heavy atom. The lowest BCUT2D eigenvalue weighted by Crippen LogP contribution is -2.12. The van der Waals surface area contributed by atoms with Gasteiger partial charge in [0.1, 0.15) is 0 Å². The summed E-state index contributed by atoms with van der Waals surface area (Å²) >= 11 is 0. The lowest BCUT2D eigenvalue weighted by Gasteiger charge is -2.21. The lowest BCUT2D eigenvalue weighted by atomic mass is 9.85. The van der Waals surface area contributed by atoms with E-state index in [1.165, 1.54) is 55.3 Å². The second kappa shape index (κ2) is 7.26. The highest BCUT2D eigenvalue weighted by Gasteiger charge is 2.18. The molecule has 4 heteroatoms. The average Bonchev–Trinajstić information content (AvgIpc) is 2.96. The van der Waals surface area contributed by atoms with Gasteiger partial charge in [0.15, 0.2) is 0 Å². The number of hydrogen-bond acceptors (Lipinski definition) is 3. The fourth-order valence-electron chi connectivity index (χ4n) is 3.79. The van der Waals surface area contributed by atoms with Crippen molar-refractivity contribution in [1.82, 2.24) is 15.0 Å². The predicted molar refractivity (Wildman–Crippen MR) is 93.6 cm³/mol. The Balaban J connectivity index is 1.84. The molecular weight excluding hydrogens is 284 g/mol. The van der Waals surface area contributed by atoms with Gasteiger partial charge in [0.2, 0.25) is 0 Å². The maximum atomic E-state index is 5.90. The van der Waals surface area contributed by atoms with Crippen molar-refractivity contribution in [2.75, 3.05) is 0 Å². The van der Waals surface area contributed by atoms with Crippen LogP contribution >= 0.6 is 0 Å². The van der Waals surface area contributed by atoms with Crippen molar-refractivity contribution in [1.29, 1.82) is 0 Å².